The number of rotatable bonds is 1. The molecule has 0 saturated carbocycles. The van der Waals surface area contributed by atoms with Crippen molar-refractivity contribution in [2.24, 2.45) is 0 Å². The number of nitrogens with zero attached hydrogens (tertiary/aromatic N) is 2. The van der Waals surface area contributed by atoms with Crippen LogP contribution in [-0.2, 0) is 4.74 Å². The van der Waals surface area contributed by atoms with Crippen LogP contribution < -0.4 is 5.32 Å². The van der Waals surface area contributed by atoms with E-state index in [1.165, 1.54) is 6.20 Å². The first-order chi connectivity index (χ1) is 8.44. The topological polar surface area (TPSA) is 64.1 Å². The van der Waals surface area contributed by atoms with E-state index in [-0.39, 0.29) is 0 Å². The second-order valence-corrected chi connectivity index (χ2v) is 4.87. The molecule has 1 aromatic carbocycles. The zero-order valence-corrected chi connectivity index (χ0v) is 10.6. The number of ether oxygens (including phenoxy) is 1. The largest absolute Gasteiger partial charge is 0.444 e. The lowest BCUT2D eigenvalue weighted by molar-refractivity contribution is 0.0635. The van der Waals surface area contributed by atoms with Gasteiger partial charge < -0.3 is 4.74 Å². The number of anilines is 1. The van der Waals surface area contributed by atoms with E-state index in [4.69, 9.17) is 4.74 Å². The summed E-state index contributed by atoms with van der Waals surface area (Å²) in [5.74, 6) is 0.378. The lowest BCUT2D eigenvalue weighted by atomic mass is 10.2. The maximum Gasteiger partial charge on any atom is 0.413 e. The number of amides is 1. The van der Waals surface area contributed by atoms with E-state index in [1.54, 1.807) is 20.8 Å². The lowest BCUT2D eigenvalue weighted by Crippen LogP contribution is -2.27. The monoisotopic (exact) mass is 245 g/mol. The fourth-order valence-electron chi connectivity index (χ4n) is 1.43. The van der Waals surface area contributed by atoms with Crippen molar-refractivity contribution in [2.75, 3.05) is 5.32 Å². The molecule has 1 heterocycles. The van der Waals surface area contributed by atoms with Crippen LogP contribution in [-0.4, -0.2) is 21.7 Å². The molecule has 2 rings (SSSR count). The molecule has 1 aromatic heterocycles. The second kappa shape index (κ2) is 4.60. The minimum Gasteiger partial charge on any atom is -0.444 e. The SMILES string of the molecule is CC(C)(C)OC(=O)Nc1cnc2ccccc2n1. The lowest BCUT2D eigenvalue weighted by Gasteiger charge is -2.19. The van der Waals surface area contributed by atoms with Gasteiger partial charge in [-0.1, -0.05) is 12.1 Å². The number of hydrogen-bond donors (Lipinski definition) is 1. The summed E-state index contributed by atoms with van der Waals surface area (Å²) < 4.78 is 5.14. The smallest absolute Gasteiger partial charge is 0.413 e. The summed E-state index contributed by atoms with van der Waals surface area (Å²) >= 11 is 0. The average Bonchev–Trinajstić information content (AvgIpc) is 2.26. The molecule has 2 aromatic rings. The summed E-state index contributed by atoms with van der Waals surface area (Å²) in [7, 11) is 0. The molecule has 0 radical (unpaired) electrons. The van der Waals surface area contributed by atoms with Crippen LogP contribution in [0, 0.1) is 0 Å². The maximum absolute atomic E-state index is 11.6. The van der Waals surface area contributed by atoms with Crippen molar-refractivity contribution in [3.05, 3.63) is 30.5 Å². The third kappa shape index (κ3) is 3.16. The van der Waals surface area contributed by atoms with Crippen LogP contribution in [0.1, 0.15) is 20.8 Å². The predicted octanol–water partition coefficient (Wildman–Crippen LogP) is 2.98. The molecule has 0 fully saturated rings. The van der Waals surface area contributed by atoms with Crippen LogP contribution in [0.5, 0.6) is 0 Å². The van der Waals surface area contributed by atoms with Gasteiger partial charge >= 0.3 is 6.09 Å². The number of fused-ring (bicyclic) bond motifs is 1. The highest BCUT2D eigenvalue weighted by Gasteiger charge is 2.16. The van der Waals surface area contributed by atoms with Crippen molar-refractivity contribution in [2.45, 2.75) is 26.4 Å². The number of benzene rings is 1. The zero-order chi connectivity index (χ0) is 13.2. The van der Waals surface area contributed by atoms with Gasteiger partial charge in [-0.05, 0) is 32.9 Å². The number of hydrogen-bond acceptors (Lipinski definition) is 4. The van der Waals surface area contributed by atoms with Crippen LogP contribution in [0.3, 0.4) is 0 Å². The third-order valence-corrected chi connectivity index (χ3v) is 2.08. The molecule has 18 heavy (non-hydrogen) atoms. The fraction of sp³-hybridized carbons (Fsp3) is 0.308. The molecule has 0 aliphatic rings. The number of para-hydroxylation sites is 2. The Bertz CT molecular complexity index is 576. The molecule has 5 nitrogen and oxygen atoms in total. The fourth-order valence-corrected chi connectivity index (χ4v) is 1.43. The van der Waals surface area contributed by atoms with Crippen molar-refractivity contribution in [1.29, 1.82) is 0 Å². The number of carbonyl (C=O) groups excluding carboxylic acids is 1. The van der Waals surface area contributed by atoms with Gasteiger partial charge in [-0.3, -0.25) is 10.3 Å². The Morgan fingerprint density at radius 3 is 2.56 bits per heavy atom. The van der Waals surface area contributed by atoms with Gasteiger partial charge in [0.05, 0.1) is 17.2 Å². The molecule has 0 saturated heterocycles. The van der Waals surface area contributed by atoms with Gasteiger partial charge in [0.25, 0.3) is 0 Å². The van der Waals surface area contributed by atoms with E-state index in [1.807, 2.05) is 24.3 Å². The highest BCUT2D eigenvalue weighted by atomic mass is 16.6. The van der Waals surface area contributed by atoms with Crippen molar-refractivity contribution in [1.82, 2.24) is 9.97 Å². The van der Waals surface area contributed by atoms with E-state index in [9.17, 15) is 4.79 Å². The van der Waals surface area contributed by atoms with Gasteiger partial charge in [-0.25, -0.2) is 9.78 Å². The molecule has 0 bridgehead atoms. The first-order valence-corrected chi connectivity index (χ1v) is 5.66. The van der Waals surface area contributed by atoms with Crippen molar-refractivity contribution in [3.63, 3.8) is 0 Å². The first kappa shape index (κ1) is 12.3. The number of aromatic nitrogens is 2. The van der Waals surface area contributed by atoms with Crippen LogP contribution in [0.2, 0.25) is 0 Å². The highest BCUT2D eigenvalue weighted by Crippen LogP contribution is 2.13. The van der Waals surface area contributed by atoms with E-state index in [2.05, 4.69) is 15.3 Å². The van der Waals surface area contributed by atoms with Gasteiger partial charge in [0.15, 0.2) is 5.82 Å². The van der Waals surface area contributed by atoms with E-state index in [0.29, 0.717) is 5.82 Å². The van der Waals surface area contributed by atoms with Crippen LogP contribution in [0.4, 0.5) is 10.6 Å². The Kier molecular flexibility index (Phi) is 3.14. The molecule has 0 aliphatic heterocycles. The Labute approximate surface area is 105 Å². The Morgan fingerprint density at radius 2 is 1.89 bits per heavy atom. The van der Waals surface area contributed by atoms with E-state index < -0.39 is 11.7 Å². The van der Waals surface area contributed by atoms with E-state index >= 15 is 0 Å². The van der Waals surface area contributed by atoms with Crippen LogP contribution in [0.15, 0.2) is 30.5 Å². The van der Waals surface area contributed by atoms with Gasteiger partial charge in [0.2, 0.25) is 0 Å². The number of nitrogens with one attached hydrogen (secondary N) is 1. The molecule has 1 amide bonds. The second-order valence-electron chi connectivity index (χ2n) is 4.87. The third-order valence-electron chi connectivity index (χ3n) is 2.08. The van der Waals surface area contributed by atoms with E-state index in [0.717, 1.165) is 11.0 Å². The Balaban J connectivity index is 2.15. The molecule has 94 valence electrons. The van der Waals surface area contributed by atoms with Gasteiger partial charge in [-0.15, -0.1) is 0 Å². The average molecular weight is 245 g/mol. The molecule has 5 heteroatoms. The molecular weight excluding hydrogens is 230 g/mol. The molecule has 0 unspecified atom stereocenters. The normalized spacial score (nSPS) is 11.3. The summed E-state index contributed by atoms with van der Waals surface area (Å²) in [6.07, 6.45) is 0.971. The quantitative estimate of drug-likeness (QED) is 0.838. The van der Waals surface area contributed by atoms with Crippen molar-refractivity contribution >= 4 is 22.9 Å². The van der Waals surface area contributed by atoms with Gasteiger partial charge in [-0.2, -0.15) is 0 Å². The molecule has 0 atom stereocenters. The first-order valence-electron chi connectivity index (χ1n) is 5.66. The summed E-state index contributed by atoms with van der Waals surface area (Å²) in [4.78, 5) is 20.0. The zero-order valence-electron chi connectivity index (χ0n) is 10.6. The maximum atomic E-state index is 11.6. The standard InChI is InChI=1S/C13H15N3O2/c1-13(2,3)18-12(17)16-11-8-14-9-6-4-5-7-10(9)15-11/h4-8H,1-3H3,(H,15,16,17). The Morgan fingerprint density at radius 1 is 1.22 bits per heavy atom. The molecular formula is C13H15N3O2. The van der Waals surface area contributed by atoms with Crippen molar-refractivity contribution < 1.29 is 9.53 Å². The summed E-state index contributed by atoms with van der Waals surface area (Å²) in [5.41, 5.74) is 0.979. The predicted molar refractivity (Wildman–Crippen MR) is 69.4 cm³/mol. The van der Waals surface area contributed by atoms with Crippen LogP contribution >= 0.6 is 0 Å². The number of carbonyl (C=O) groups is 1. The molecule has 1 N–H and O–H groups in total. The summed E-state index contributed by atoms with van der Waals surface area (Å²) in [5, 5.41) is 2.56. The highest BCUT2D eigenvalue weighted by molar-refractivity contribution is 5.85. The summed E-state index contributed by atoms with van der Waals surface area (Å²) in [6, 6.07) is 7.45. The summed E-state index contributed by atoms with van der Waals surface area (Å²) in [6.45, 7) is 5.41. The Hall–Kier alpha value is -2.17. The minimum absolute atomic E-state index is 0.378. The van der Waals surface area contributed by atoms with Crippen molar-refractivity contribution in [3.8, 4) is 0 Å². The van der Waals surface area contributed by atoms with Crippen LogP contribution in [0.25, 0.3) is 11.0 Å². The molecule has 0 spiro atoms. The minimum atomic E-state index is -0.535. The molecule has 0 aliphatic carbocycles. The van der Waals surface area contributed by atoms with Gasteiger partial charge in [0.1, 0.15) is 5.60 Å². The van der Waals surface area contributed by atoms with Gasteiger partial charge in [0, 0.05) is 0 Å².